The molecule has 0 aliphatic heterocycles. The maximum atomic E-state index is 6.23. The van der Waals surface area contributed by atoms with Gasteiger partial charge in [-0.1, -0.05) is 52.4 Å². The van der Waals surface area contributed by atoms with Gasteiger partial charge in [0.05, 0.1) is 0 Å². The molecule has 0 radical (unpaired) electrons. The molecule has 1 atom stereocenters. The zero-order valence-corrected chi connectivity index (χ0v) is 13.2. The third kappa shape index (κ3) is 5.48. The average molecular weight is 274 g/mol. The van der Waals surface area contributed by atoms with E-state index in [2.05, 4.69) is 19.2 Å². The Kier molecular flexibility index (Phi) is 8.33. The maximum absolute atomic E-state index is 6.23. The summed E-state index contributed by atoms with van der Waals surface area (Å²) in [4.78, 5) is 0. The third-order valence-electron chi connectivity index (χ3n) is 4.67. The molecule has 1 unspecified atom stereocenters. The minimum absolute atomic E-state index is 0.406. The smallest absolute Gasteiger partial charge is 0.0292 e. The Labute approximate surface area is 119 Å². The highest BCUT2D eigenvalue weighted by Crippen LogP contribution is 2.36. The number of hydrogen-bond acceptors (Lipinski definition) is 1. The number of hydrogen-bond donors (Lipinski definition) is 1. The molecule has 2 heteroatoms. The molecular formula is C16H32ClN. The second kappa shape index (κ2) is 9.20. The van der Waals surface area contributed by atoms with Crippen molar-refractivity contribution in [3.05, 3.63) is 0 Å². The summed E-state index contributed by atoms with van der Waals surface area (Å²) in [7, 11) is 0. The van der Waals surface area contributed by atoms with Crippen LogP contribution in [0, 0.1) is 11.3 Å². The van der Waals surface area contributed by atoms with Gasteiger partial charge in [-0.15, -0.1) is 11.6 Å². The van der Waals surface area contributed by atoms with Crippen molar-refractivity contribution in [2.75, 3.05) is 19.0 Å². The molecule has 18 heavy (non-hydrogen) atoms. The number of rotatable bonds is 9. The molecular weight excluding hydrogens is 242 g/mol. The fourth-order valence-electron chi connectivity index (χ4n) is 3.14. The van der Waals surface area contributed by atoms with Crippen LogP contribution >= 0.6 is 11.6 Å². The first-order chi connectivity index (χ1) is 8.76. The molecule has 0 aromatic carbocycles. The third-order valence-corrected chi connectivity index (χ3v) is 5.24. The monoisotopic (exact) mass is 273 g/mol. The van der Waals surface area contributed by atoms with Gasteiger partial charge in [-0.3, -0.25) is 0 Å². The van der Waals surface area contributed by atoms with Gasteiger partial charge in [-0.2, -0.15) is 0 Å². The van der Waals surface area contributed by atoms with E-state index in [1.54, 1.807) is 0 Å². The van der Waals surface area contributed by atoms with Crippen molar-refractivity contribution in [2.45, 2.75) is 71.6 Å². The number of unbranched alkanes of at least 4 members (excludes halogenated alkanes) is 1. The van der Waals surface area contributed by atoms with Gasteiger partial charge in [0, 0.05) is 12.4 Å². The van der Waals surface area contributed by atoms with Gasteiger partial charge in [-0.25, -0.2) is 0 Å². The first kappa shape index (κ1) is 16.3. The van der Waals surface area contributed by atoms with Crippen molar-refractivity contribution in [3.63, 3.8) is 0 Å². The predicted octanol–water partition coefficient (Wildman–Crippen LogP) is 4.98. The van der Waals surface area contributed by atoms with Crippen molar-refractivity contribution in [1.29, 1.82) is 0 Å². The average Bonchev–Trinajstić information content (AvgIpc) is 2.43. The van der Waals surface area contributed by atoms with Gasteiger partial charge in [0.25, 0.3) is 0 Å². The van der Waals surface area contributed by atoms with E-state index < -0.39 is 0 Å². The van der Waals surface area contributed by atoms with Crippen LogP contribution in [0.15, 0.2) is 0 Å². The van der Waals surface area contributed by atoms with E-state index in [1.165, 1.54) is 64.3 Å². The number of alkyl halides is 1. The highest BCUT2D eigenvalue weighted by Gasteiger charge is 2.30. The molecule has 1 aliphatic carbocycles. The normalized spacial score (nSPS) is 20.8. The minimum atomic E-state index is 0.406. The molecule has 1 rings (SSSR count). The predicted molar refractivity (Wildman–Crippen MR) is 82.4 cm³/mol. The standard InChI is InChI=1S/C16H32ClN/c1-3-5-9-15(4-2)12-18-14-16(13-17)10-7-6-8-11-16/h15,18H,3-14H2,1-2H3. The van der Waals surface area contributed by atoms with Crippen molar-refractivity contribution in [3.8, 4) is 0 Å². The summed E-state index contributed by atoms with van der Waals surface area (Å²) in [6, 6.07) is 0. The molecule has 0 bridgehead atoms. The Morgan fingerprint density at radius 3 is 2.44 bits per heavy atom. The Morgan fingerprint density at radius 2 is 1.89 bits per heavy atom. The summed E-state index contributed by atoms with van der Waals surface area (Å²) < 4.78 is 0. The van der Waals surface area contributed by atoms with Crippen LogP contribution in [0.4, 0.5) is 0 Å². The van der Waals surface area contributed by atoms with Gasteiger partial charge >= 0.3 is 0 Å². The summed E-state index contributed by atoms with van der Waals surface area (Å²) in [6.45, 7) is 6.93. The molecule has 1 N–H and O–H groups in total. The quantitative estimate of drug-likeness (QED) is 0.584. The maximum Gasteiger partial charge on any atom is 0.0292 e. The lowest BCUT2D eigenvalue weighted by atomic mass is 9.75. The number of halogens is 1. The first-order valence-electron chi connectivity index (χ1n) is 8.03. The summed E-state index contributed by atoms with van der Waals surface area (Å²) in [5.41, 5.74) is 0.406. The van der Waals surface area contributed by atoms with E-state index in [-0.39, 0.29) is 0 Å². The lowest BCUT2D eigenvalue weighted by Gasteiger charge is -2.36. The van der Waals surface area contributed by atoms with Gasteiger partial charge in [-0.05, 0) is 37.1 Å². The van der Waals surface area contributed by atoms with Crippen LogP contribution in [0.5, 0.6) is 0 Å². The molecule has 0 amide bonds. The van der Waals surface area contributed by atoms with Crippen molar-refractivity contribution in [1.82, 2.24) is 5.32 Å². The van der Waals surface area contributed by atoms with Crippen molar-refractivity contribution >= 4 is 11.6 Å². The van der Waals surface area contributed by atoms with E-state index in [1.807, 2.05) is 0 Å². The fraction of sp³-hybridized carbons (Fsp3) is 1.00. The zero-order valence-electron chi connectivity index (χ0n) is 12.4. The molecule has 0 aromatic heterocycles. The molecule has 0 spiro atoms. The van der Waals surface area contributed by atoms with Crippen molar-refractivity contribution in [2.24, 2.45) is 11.3 Å². The van der Waals surface area contributed by atoms with Gasteiger partial charge in [0.2, 0.25) is 0 Å². The summed E-state index contributed by atoms with van der Waals surface area (Å²) >= 11 is 6.23. The Balaban J connectivity index is 2.24. The topological polar surface area (TPSA) is 12.0 Å². The van der Waals surface area contributed by atoms with Gasteiger partial charge < -0.3 is 5.32 Å². The Bertz CT molecular complexity index is 199. The Morgan fingerprint density at radius 1 is 1.17 bits per heavy atom. The van der Waals surface area contributed by atoms with Crippen LogP contribution in [0.1, 0.15) is 71.6 Å². The summed E-state index contributed by atoms with van der Waals surface area (Å²) in [5.74, 6) is 1.70. The lowest BCUT2D eigenvalue weighted by molar-refractivity contribution is 0.207. The zero-order chi connectivity index (χ0) is 13.3. The molecule has 1 saturated carbocycles. The molecule has 1 aliphatic rings. The second-order valence-electron chi connectivity index (χ2n) is 6.24. The second-order valence-corrected chi connectivity index (χ2v) is 6.51. The largest absolute Gasteiger partial charge is 0.316 e. The van der Waals surface area contributed by atoms with E-state index >= 15 is 0 Å². The van der Waals surface area contributed by atoms with Gasteiger partial charge in [0.1, 0.15) is 0 Å². The highest BCUT2D eigenvalue weighted by atomic mass is 35.5. The fourth-order valence-corrected chi connectivity index (χ4v) is 3.51. The van der Waals surface area contributed by atoms with Crippen LogP contribution in [0.3, 0.4) is 0 Å². The molecule has 0 heterocycles. The molecule has 108 valence electrons. The van der Waals surface area contributed by atoms with E-state index in [9.17, 15) is 0 Å². The summed E-state index contributed by atoms with van der Waals surface area (Å²) in [5, 5.41) is 3.72. The molecule has 0 saturated heterocycles. The van der Waals surface area contributed by atoms with Gasteiger partial charge in [0.15, 0.2) is 0 Å². The van der Waals surface area contributed by atoms with Crippen LogP contribution in [0.2, 0.25) is 0 Å². The van der Waals surface area contributed by atoms with Crippen LogP contribution in [-0.2, 0) is 0 Å². The van der Waals surface area contributed by atoms with E-state index in [0.29, 0.717) is 5.41 Å². The lowest BCUT2D eigenvalue weighted by Crippen LogP contribution is -2.39. The Hall–Kier alpha value is 0.250. The summed E-state index contributed by atoms with van der Waals surface area (Å²) in [6.07, 6.45) is 12.2. The first-order valence-corrected chi connectivity index (χ1v) is 8.56. The van der Waals surface area contributed by atoms with Crippen LogP contribution < -0.4 is 5.32 Å². The SMILES string of the molecule is CCCCC(CC)CNCC1(CCl)CCCCC1. The molecule has 1 fully saturated rings. The van der Waals surface area contributed by atoms with Crippen LogP contribution in [-0.4, -0.2) is 19.0 Å². The van der Waals surface area contributed by atoms with Crippen molar-refractivity contribution < 1.29 is 0 Å². The molecule has 1 nitrogen and oxygen atoms in total. The van der Waals surface area contributed by atoms with E-state index in [4.69, 9.17) is 11.6 Å². The number of nitrogens with one attached hydrogen (secondary N) is 1. The minimum Gasteiger partial charge on any atom is -0.316 e. The van der Waals surface area contributed by atoms with E-state index in [0.717, 1.165) is 18.3 Å². The molecule has 0 aromatic rings. The van der Waals surface area contributed by atoms with Crippen LogP contribution in [0.25, 0.3) is 0 Å². The highest BCUT2D eigenvalue weighted by molar-refractivity contribution is 6.18.